The first-order valence-electron chi connectivity index (χ1n) is 5.17. The lowest BCUT2D eigenvalue weighted by molar-refractivity contribution is 0.534. The second kappa shape index (κ2) is 5.70. The molecule has 1 heterocycles. The minimum atomic E-state index is 0.759. The van der Waals surface area contributed by atoms with Gasteiger partial charge in [-0.1, -0.05) is 13.8 Å². The molecule has 0 amide bonds. The highest BCUT2D eigenvalue weighted by Crippen LogP contribution is 1.98. The lowest BCUT2D eigenvalue weighted by Gasteiger charge is -2.06. The number of aromatic nitrogens is 2. The van der Waals surface area contributed by atoms with Gasteiger partial charge in [-0.05, 0) is 31.9 Å². The van der Waals surface area contributed by atoms with Crippen molar-refractivity contribution in [3.63, 3.8) is 0 Å². The van der Waals surface area contributed by atoms with Crippen LogP contribution in [0.15, 0.2) is 12.3 Å². The van der Waals surface area contributed by atoms with E-state index in [1.54, 1.807) is 0 Å². The van der Waals surface area contributed by atoms with E-state index in [-0.39, 0.29) is 0 Å². The van der Waals surface area contributed by atoms with Gasteiger partial charge in [-0.25, -0.2) is 9.97 Å². The van der Waals surface area contributed by atoms with Crippen molar-refractivity contribution in [3.05, 3.63) is 23.8 Å². The lowest BCUT2D eigenvalue weighted by atomic mass is 10.1. The molecule has 0 fully saturated rings. The standard InChI is InChI=1S/C11H19N3/c1-9(2)4-6-12-8-11-5-7-13-10(3)14-11/h5,7,9,12H,4,6,8H2,1-3H3. The molecule has 1 N–H and O–H groups in total. The van der Waals surface area contributed by atoms with E-state index in [9.17, 15) is 0 Å². The maximum absolute atomic E-state index is 4.32. The third-order valence-corrected chi connectivity index (χ3v) is 2.04. The summed E-state index contributed by atoms with van der Waals surface area (Å²) < 4.78 is 0. The molecule has 1 aromatic rings. The maximum atomic E-state index is 4.32. The monoisotopic (exact) mass is 193 g/mol. The number of aryl methyl sites for hydroxylation is 1. The van der Waals surface area contributed by atoms with Gasteiger partial charge in [0, 0.05) is 12.7 Å². The van der Waals surface area contributed by atoms with Crippen LogP contribution in [0.25, 0.3) is 0 Å². The predicted octanol–water partition coefficient (Wildman–Crippen LogP) is 1.92. The van der Waals surface area contributed by atoms with Crippen LogP contribution in [-0.4, -0.2) is 16.5 Å². The highest BCUT2D eigenvalue weighted by atomic mass is 14.9. The summed E-state index contributed by atoms with van der Waals surface area (Å²) in [5.74, 6) is 1.60. The molecule has 0 saturated carbocycles. The van der Waals surface area contributed by atoms with Gasteiger partial charge in [-0.3, -0.25) is 0 Å². The number of hydrogen-bond acceptors (Lipinski definition) is 3. The SMILES string of the molecule is Cc1nccc(CNCCC(C)C)n1. The topological polar surface area (TPSA) is 37.8 Å². The molecule has 0 bridgehead atoms. The minimum absolute atomic E-state index is 0.759. The fraction of sp³-hybridized carbons (Fsp3) is 0.636. The average molecular weight is 193 g/mol. The Labute approximate surface area is 86.0 Å². The highest BCUT2D eigenvalue weighted by Gasteiger charge is 1.96. The zero-order valence-electron chi connectivity index (χ0n) is 9.25. The first-order valence-corrected chi connectivity index (χ1v) is 5.17. The van der Waals surface area contributed by atoms with Crippen LogP contribution in [0, 0.1) is 12.8 Å². The predicted molar refractivity (Wildman–Crippen MR) is 57.9 cm³/mol. The molecule has 3 nitrogen and oxygen atoms in total. The molecule has 0 atom stereocenters. The molecule has 0 aliphatic rings. The van der Waals surface area contributed by atoms with Gasteiger partial charge in [0.15, 0.2) is 0 Å². The molecule has 14 heavy (non-hydrogen) atoms. The summed E-state index contributed by atoms with van der Waals surface area (Å²) in [6, 6.07) is 1.95. The molecule has 0 saturated heterocycles. The van der Waals surface area contributed by atoms with Crippen LogP contribution in [0.3, 0.4) is 0 Å². The molecule has 3 heteroatoms. The van der Waals surface area contributed by atoms with Crippen LogP contribution in [0.5, 0.6) is 0 Å². The summed E-state index contributed by atoms with van der Waals surface area (Å²) >= 11 is 0. The van der Waals surface area contributed by atoms with Crippen LogP contribution >= 0.6 is 0 Å². The van der Waals surface area contributed by atoms with Gasteiger partial charge in [0.2, 0.25) is 0 Å². The van der Waals surface area contributed by atoms with Gasteiger partial charge in [-0.15, -0.1) is 0 Å². The number of nitrogens with zero attached hydrogens (tertiary/aromatic N) is 2. The summed E-state index contributed by atoms with van der Waals surface area (Å²) in [5.41, 5.74) is 1.07. The van der Waals surface area contributed by atoms with E-state index in [1.807, 2.05) is 19.2 Å². The highest BCUT2D eigenvalue weighted by molar-refractivity contribution is 5.00. The van der Waals surface area contributed by atoms with E-state index >= 15 is 0 Å². The van der Waals surface area contributed by atoms with Crippen molar-refractivity contribution in [2.45, 2.75) is 33.7 Å². The summed E-state index contributed by atoms with van der Waals surface area (Å²) in [6.45, 7) is 8.28. The largest absolute Gasteiger partial charge is 0.311 e. The Kier molecular flexibility index (Phi) is 4.53. The molecule has 78 valence electrons. The first kappa shape index (κ1) is 11.1. The molecule has 0 radical (unpaired) electrons. The van der Waals surface area contributed by atoms with E-state index < -0.39 is 0 Å². The molecule has 0 aliphatic carbocycles. The van der Waals surface area contributed by atoms with Crippen molar-refractivity contribution < 1.29 is 0 Å². The van der Waals surface area contributed by atoms with Crippen molar-refractivity contribution in [2.75, 3.05) is 6.54 Å². The molecule has 1 rings (SSSR count). The fourth-order valence-corrected chi connectivity index (χ4v) is 1.21. The van der Waals surface area contributed by atoms with E-state index in [4.69, 9.17) is 0 Å². The number of rotatable bonds is 5. The zero-order valence-corrected chi connectivity index (χ0v) is 9.25. The average Bonchev–Trinajstić information content (AvgIpc) is 2.12. The van der Waals surface area contributed by atoms with Crippen LogP contribution in [-0.2, 0) is 6.54 Å². The van der Waals surface area contributed by atoms with Gasteiger partial charge < -0.3 is 5.32 Å². The van der Waals surface area contributed by atoms with E-state index in [0.717, 1.165) is 30.5 Å². The normalized spacial score (nSPS) is 10.9. The maximum Gasteiger partial charge on any atom is 0.125 e. The van der Waals surface area contributed by atoms with Crippen LogP contribution in [0.4, 0.5) is 0 Å². The second-order valence-electron chi connectivity index (χ2n) is 3.95. The third-order valence-electron chi connectivity index (χ3n) is 2.04. The van der Waals surface area contributed by atoms with Crippen molar-refractivity contribution in [2.24, 2.45) is 5.92 Å². The van der Waals surface area contributed by atoms with Crippen molar-refractivity contribution in [3.8, 4) is 0 Å². The number of hydrogen-bond donors (Lipinski definition) is 1. The van der Waals surface area contributed by atoms with Gasteiger partial charge in [0.05, 0.1) is 5.69 Å². The molecule has 0 aromatic carbocycles. The quantitative estimate of drug-likeness (QED) is 0.726. The molecule has 0 spiro atoms. The summed E-state index contributed by atoms with van der Waals surface area (Å²) in [4.78, 5) is 8.37. The Hall–Kier alpha value is -0.960. The third kappa shape index (κ3) is 4.33. The molecular weight excluding hydrogens is 174 g/mol. The Morgan fingerprint density at radius 3 is 2.86 bits per heavy atom. The smallest absolute Gasteiger partial charge is 0.125 e. The summed E-state index contributed by atoms with van der Waals surface area (Å²) in [6.07, 6.45) is 3.02. The van der Waals surface area contributed by atoms with E-state index in [2.05, 4.69) is 29.1 Å². The van der Waals surface area contributed by atoms with Crippen molar-refractivity contribution in [1.82, 2.24) is 15.3 Å². The van der Waals surface area contributed by atoms with Gasteiger partial charge >= 0.3 is 0 Å². The Balaban J connectivity index is 2.25. The lowest BCUT2D eigenvalue weighted by Crippen LogP contribution is -2.17. The van der Waals surface area contributed by atoms with Crippen molar-refractivity contribution in [1.29, 1.82) is 0 Å². The molecule has 0 aliphatic heterocycles. The van der Waals surface area contributed by atoms with Crippen LogP contribution in [0.2, 0.25) is 0 Å². The van der Waals surface area contributed by atoms with Gasteiger partial charge in [-0.2, -0.15) is 0 Å². The Bertz CT molecular complexity index is 271. The Morgan fingerprint density at radius 2 is 2.21 bits per heavy atom. The summed E-state index contributed by atoms with van der Waals surface area (Å²) in [5, 5.41) is 3.37. The van der Waals surface area contributed by atoms with Crippen LogP contribution in [0.1, 0.15) is 31.8 Å². The second-order valence-corrected chi connectivity index (χ2v) is 3.95. The van der Waals surface area contributed by atoms with Crippen molar-refractivity contribution >= 4 is 0 Å². The number of nitrogens with one attached hydrogen (secondary N) is 1. The Morgan fingerprint density at radius 1 is 1.43 bits per heavy atom. The van der Waals surface area contributed by atoms with Gasteiger partial charge in [0.25, 0.3) is 0 Å². The van der Waals surface area contributed by atoms with E-state index in [0.29, 0.717) is 0 Å². The molecular formula is C11H19N3. The fourth-order valence-electron chi connectivity index (χ4n) is 1.21. The zero-order chi connectivity index (χ0) is 10.4. The van der Waals surface area contributed by atoms with Crippen LogP contribution < -0.4 is 5.32 Å². The minimum Gasteiger partial charge on any atom is -0.311 e. The summed E-state index contributed by atoms with van der Waals surface area (Å²) in [7, 11) is 0. The van der Waals surface area contributed by atoms with Gasteiger partial charge in [0.1, 0.15) is 5.82 Å². The first-order chi connectivity index (χ1) is 6.68. The molecule has 1 aromatic heterocycles. The molecule has 0 unspecified atom stereocenters. The van der Waals surface area contributed by atoms with E-state index in [1.165, 1.54) is 6.42 Å².